The van der Waals surface area contributed by atoms with E-state index in [9.17, 15) is 0 Å². The molecule has 0 aromatic carbocycles. The molecule has 0 unspecified atom stereocenters. The predicted octanol–water partition coefficient (Wildman–Crippen LogP) is 0.912. The second kappa shape index (κ2) is 5.80. The Hall–Kier alpha value is -2.38. The van der Waals surface area contributed by atoms with Crippen LogP contribution in [0.15, 0.2) is 17.2 Å². The Bertz CT molecular complexity index is 487. The number of hydrogen-bond donors (Lipinski definition) is 2. The largest absolute Gasteiger partial charge is 0.490 e. The summed E-state index contributed by atoms with van der Waals surface area (Å²) >= 11 is 0. The Balaban J connectivity index is 2.13. The van der Waals surface area contributed by atoms with Gasteiger partial charge in [0.25, 0.3) is 0 Å². The quantitative estimate of drug-likeness (QED) is 0.780. The van der Waals surface area contributed by atoms with Gasteiger partial charge in [-0.3, -0.25) is 0 Å². The minimum absolute atomic E-state index is 0.398. The van der Waals surface area contributed by atoms with Gasteiger partial charge in [0, 0.05) is 6.54 Å². The van der Waals surface area contributed by atoms with Crippen LogP contribution in [0, 0.1) is 0 Å². The highest BCUT2D eigenvalue weighted by Gasteiger charge is 2.11. The standard InChI is InChI=1S/C10H14N6O2/c1-3-11-9-8(17-2)10(14-5-13-9)12-4-7-15-6-18-16-7/h5-6H,3-4H2,1-2H3,(H2,11,12,13,14). The Morgan fingerprint density at radius 1 is 1.22 bits per heavy atom. The van der Waals surface area contributed by atoms with E-state index in [2.05, 4.69) is 35.3 Å². The zero-order chi connectivity index (χ0) is 12.8. The minimum Gasteiger partial charge on any atom is -0.490 e. The van der Waals surface area contributed by atoms with E-state index in [4.69, 9.17) is 4.74 Å². The van der Waals surface area contributed by atoms with Crippen molar-refractivity contribution in [3.63, 3.8) is 0 Å². The molecule has 8 heteroatoms. The fourth-order valence-electron chi connectivity index (χ4n) is 1.42. The zero-order valence-electron chi connectivity index (χ0n) is 10.2. The van der Waals surface area contributed by atoms with Crippen LogP contribution in [0.2, 0.25) is 0 Å². The number of nitrogens with zero attached hydrogens (tertiary/aromatic N) is 4. The molecule has 0 amide bonds. The molecule has 2 heterocycles. The first-order valence-corrected chi connectivity index (χ1v) is 5.47. The third-order valence-electron chi connectivity index (χ3n) is 2.17. The summed E-state index contributed by atoms with van der Waals surface area (Å²) < 4.78 is 9.93. The van der Waals surface area contributed by atoms with Crippen LogP contribution in [-0.4, -0.2) is 33.8 Å². The fourth-order valence-corrected chi connectivity index (χ4v) is 1.42. The molecule has 0 fully saturated rings. The van der Waals surface area contributed by atoms with Crippen molar-refractivity contribution >= 4 is 11.6 Å². The van der Waals surface area contributed by atoms with E-state index in [1.165, 1.54) is 12.7 Å². The molecular formula is C10H14N6O2. The van der Waals surface area contributed by atoms with Crippen molar-refractivity contribution in [1.29, 1.82) is 0 Å². The lowest BCUT2D eigenvalue weighted by Crippen LogP contribution is -2.08. The molecule has 0 aliphatic heterocycles. The van der Waals surface area contributed by atoms with Gasteiger partial charge in [-0.25, -0.2) is 9.97 Å². The molecule has 0 bridgehead atoms. The van der Waals surface area contributed by atoms with Gasteiger partial charge in [0.2, 0.25) is 12.1 Å². The molecule has 96 valence electrons. The van der Waals surface area contributed by atoms with Crippen molar-refractivity contribution < 1.29 is 9.26 Å². The molecule has 0 aliphatic carbocycles. The number of methoxy groups -OCH3 is 1. The van der Waals surface area contributed by atoms with Crippen LogP contribution >= 0.6 is 0 Å². The van der Waals surface area contributed by atoms with Crippen molar-refractivity contribution in [3.05, 3.63) is 18.5 Å². The SMILES string of the molecule is CCNc1ncnc(NCc2ncon2)c1OC. The number of hydrogen-bond acceptors (Lipinski definition) is 8. The highest BCUT2D eigenvalue weighted by Crippen LogP contribution is 2.28. The van der Waals surface area contributed by atoms with E-state index in [1.54, 1.807) is 7.11 Å². The maximum absolute atomic E-state index is 5.28. The first-order chi connectivity index (χ1) is 8.85. The lowest BCUT2D eigenvalue weighted by Gasteiger charge is -2.12. The minimum atomic E-state index is 0.398. The number of ether oxygens (including phenoxy) is 1. The molecule has 2 rings (SSSR count). The molecular weight excluding hydrogens is 236 g/mol. The van der Waals surface area contributed by atoms with E-state index >= 15 is 0 Å². The Morgan fingerprint density at radius 3 is 2.61 bits per heavy atom. The molecule has 18 heavy (non-hydrogen) atoms. The summed E-state index contributed by atoms with van der Waals surface area (Å²) in [6.07, 6.45) is 2.73. The van der Waals surface area contributed by atoms with Crippen LogP contribution in [0.4, 0.5) is 11.6 Å². The van der Waals surface area contributed by atoms with Gasteiger partial charge in [0.05, 0.1) is 13.7 Å². The van der Waals surface area contributed by atoms with Gasteiger partial charge < -0.3 is 19.9 Å². The van der Waals surface area contributed by atoms with Crippen molar-refractivity contribution in [2.75, 3.05) is 24.3 Å². The second-order valence-corrected chi connectivity index (χ2v) is 3.34. The van der Waals surface area contributed by atoms with Crippen LogP contribution in [-0.2, 0) is 6.54 Å². The van der Waals surface area contributed by atoms with Crippen LogP contribution in [0.3, 0.4) is 0 Å². The lowest BCUT2D eigenvalue weighted by molar-refractivity contribution is 0.409. The van der Waals surface area contributed by atoms with Crippen LogP contribution in [0.25, 0.3) is 0 Å². The summed E-state index contributed by atoms with van der Waals surface area (Å²) in [5.41, 5.74) is 0. The van der Waals surface area contributed by atoms with E-state index < -0.39 is 0 Å². The van der Waals surface area contributed by atoms with Crippen molar-refractivity contribution in [2.24, 2.45) is 0 Å². The topological polar surface area (TPSA) is 98.0 Å². The van der Waals surface area contributed by atoms with Crippen molar-refractivity contribution in [3.8, 4) is 5.75 Å². The van der Waals surface area contributed by atoms with Gasteiger partial charge in [0.15, 0.2) is 17.5 Å². The number of anilines is 2. The van der Waals surface area contributed by atoms with Crippen LogP contribution < -0.4 is 15.4 Å². The summed E-state index contributed by atoms with van der Waals surface area (Å²) in [5, 5.41) is 9.86. The summed E-state index contributed by atoms with van der Waals surface area (Å²) in [6, 6.07) is 0. The molecule has 8 nitrogen and oxygen atoms in total. The summed E-state index contributed by atoms with van der Waals surface area (Å²) in [4.78, 5) is 12.1. The third kappa shape index (κ3) is 2.65. The van der Waals surface area contributed by atoms with Crippen LogP contribution in [0.1, 0.15) is 12.7 Å². The lowest BCUT2D eigenvalue weighted by atomic mass is 10.4. The summed E-state index contributed by atoms with van der Waals surface area (Å²) in [5.74, 6) is 2.32. The normalized spacial score (nSPS) is 10.1. The van der Waals surface area contributed by atoms with Gasteiger partial charge in [-0.2, -0.15) is 4.98 Å². The van der Waals surface area contributed by atoms with Gasteiger partial charge in [-0.15, -0.1) is 0 Å². The van der Waals surface area contributed by atoms with E-state index in [1.807, 2.05) is 6.92 Å². The Labute approximate surface area is 104 Å². The monoisotopic (exact) mass is 250 g/mol. The maximum Gasteiger partial charge on any atom is 0.213 e. The van der Waals surface area contributed by atoms with Crippen molar-refractivity contribution in [2.45, 2.75) is 13.5 Å². The smallest absolute Gasteiger partial charge is 0.213 e. The second-order valence-electron chi connectivity index (χ2n) is 3.34. The fraction of sp³-hybridized carbons (Fsp3) is 0.400. The molecule has 0 atom stereocenters. The Morgan fingerprint density at radius 2 is 2.00 bits per heavy atom. The highest BCUT2D eigenvalue weighted by molar-refractivity contribution is 5.63. The number of nitrogens with one attached hydrogen (secondary N) is 2. The molecule has 2 N–H and O–H groups in total. The highest BCUT2D eigenvalue weighted by atomic mass is 16.5. The molecule has 0 saturated carbocycles. The van der Waals surface area contributed by atoms with Gasteiger partial charge in [0.1, 0.15) is 6.33 Å². The molecule has 0 radical (unpaired) electrons. The van der Waals surface area contributed by atoms with E-state index in [-0.39, 0.29) is 0 Å². The summed E-state index contributed by atoms with van der Waals surface area (Å²) in [6.45, 7) is 3.13. The van der Waals surface area contributed by atoms with Gasteiger partial charge in [-0.1, -0.05) is 5.16 Å². The van der Waals surface area contributed by atoms with Gasteiger partial charge in [-0.05, 0) is 6.92 Å². The first kappa shape index (κ1) is 12.1. The first-order valence-electron chi connectivity index (χ1n) is 5.47. The van der Waals surface area contributed by atoms with E-state index in [0.29, 0.717) is 29.8 Å². The Kier molecular flexibility index (Phi) is 3.90. The molecule has 0 saturated heterocycles. The molecule has 0 spiro atoms. The predicted molar refractivity (Wildman–Crippen MR) is 64.4 cm³/mol. The van der Waals surface area contributed by atoms with Crippen molar-refractivity contribution in [1.82, 2.24) is 20.1 Å². The summed E-state index contributed by atoms with van der Waals surface area (Å²) in [7, 11) is 1.57. The zero-order valence-corrected chi connectivity index (χ0v) is 10.2. The molecule has 0 aliphatic rings. The molecule has 2 aromatic rings. The van der Waals surface area contributed by atoms with Gasteiger partial charge >= 0.3 is 0 Å². The number of aromatic nitrogens is 4. The number of rotatable bonds is 6. The van der Waals surface area contributed by atoms with Crippen LogP contribution in [0.5, 0.6) is 5.75 Å². The third-order valence-corrected chi connectivity index (χ3v) is 2.17. The molecule has 2 aromatic heterocycles. The average molecular weight is 250 g/mol. The van der Waals surface area contributed by atoms with E-state index in [0.717, 1.165) is 6.54 Å². The average Bonchev–Trinajstić information content (AvgIpc) is 2.90. The maximum atomic E-state index is 5.28.